The number of nitrogens with one attached hydrogen (secondary N) is 1. The van der Waals surface area contributed by atoms with Crippen molar-refractivity contribution in [1.29, 1.82) is 0 Å². The van der Waals surface area contributed by atoms with Crippen molar-refractivity contribution in [2.45, 2.75) is 25.0 Å². The summed E-state index contributed by atoms with van der Waals surface area (Å²) < 4.78 is 0. The normalized spacial score (nSPS) is 23.6. The fourth-order valence-corrected chi connectivity index (χ4v) is 1.72. The maximum atomic E-state index is 10.5. The highest BCUT2D eigenvalue weighted by molar-refractivity contribution is 5.69. The van der Waals surface area contributed by atoms with E-state index in [-0.39, 0.29) is 17.8 Å². The minimum atomic E-state index is -0.479. The first-order valence-corrected chi connectivity index (χ1v) is 5.05. The van der Waals surface area contributed by atoms with Gasteiger partial charge in [0.15, 0.2) is 0 Å². The second-order valence-corrected chi connectivity index (χ2v) is 4.00. The third-order valence-corrected chi connectivity index (χ3v) is 2.72. The molecule has 1 fully saturated rings. The van der Waals surface area contributed by atoms with E-state index in [9.17, 15) is 10.1 Å². The molecule has 0 unspecified atom stereocenters. The maximum absolute atomic E-state index is 10.5. The Hall–Kier alpha value is -1.82. The molecule has 6 nitrogen and oxygen atoms in total. The van der Waals surface area contributed by atoms with E-state index in [1.165, 1.54) is 12.1 Å². The molecule has 4 N–H and O–H groups in total. The first-order chi connectivity index (χ1) is 7.56. The van der Waals surface area contributed by atoms with E-state index in [0.717, 1.165) is 0 Å². The van der Waals surface area contributed by atoms with Crippen molar-refractivity contribution in [1.82, 2.24) is 0 Å². The predicted molar refractivity (Wildman–Crippen MR) is 60.2 cm³/mol. The average molecular weight is 223 g/mol. The SMILES string of the molecule is Nc1cc([N+](=O)[O-])ccc1NC1CC(O)C1. The van der Waals surface area contributed by atoms with E-state index in [4.69, 9.17) is 10.8 Å². The maximum Gasteiger partial charge on any atom is 0.271 e. The minimum Gasteiger partial charge on any atom is -0.397 e. The van der Waals surface area contributed by atoms with Crippen molar-refractivity contribution in [3.8, 4) is 0 Å². The number of aliphatic hydroxyl groups excluding tert-OH is 1. The van der Waals surface area contributed by atoms with Crippen LogP contribution in [0, 0.1) is 10.1 Å². The topological polar surface area (TPSA) is 101 Å². The summed E-state index contributed by atoms with van der Waals surface area (Å²) in [5.41, 5.74) is 6.71. The molecule has 0 saturated heterocycles. The Morgan fingerprint density at radius 2 is 2.19 bits per heavy atom. The van der Waals surface area contributed by atoms with Gasteiger partial charge in [-0.3, -0.25) is 10.1 Å². The van der Waals surface area contributed by atoms with Crippen LogP contribution in [0.1, 0.15) is 12.8 Å². The monoisotopic (exact) mass is 223 g/mol. The molecule has 0 heterocycles. The lowest BCUT2D eigenvalue weighted by Gasteiger charge is -2.33. The summed E-state index contributed by atoms with van der Waals surface area (Å²) in [5, 5.41) is 22.8. The van der Waals surface area contributed by atoms with Crippen LogP contribution in [0.4, 0.5) is 17.1 Å². The van der Waals surface area contributed by atoms with Gasteiger partial charge in [-0.05, 0) is 18.9 Å². The summed E-state index contributed by atoms with van der Waals surface area (Å²) >= 11 is 0. The summed E-state index contributed by atoms with van der Waals surface area (Å²) in [6.07, 6.45) is 1.14. The lowest BCUT2D eigenvalue weighted by atomic mass is 9.89. The van der Waals surface area contributed by atoms with E-state index in [2.05, 4.69) is 5.32 Å². The van der Waals surface area contributed by atoms with Crippen molar-refractivity contribution in [2.24, 2.45) is 0 Å². The quantitative estimate of drug-likeness (QED) is 0.405. The van der Waals surface area contributed by atoms with Gasteiger partial charge in [0.1, 0.15) is 0 Å². The number of benzene rings is 1. The van der Waals surface area contributed by atoms with Crippen molar-refractivity contribution < 1.29 is 10.0 Å². The molecule has 86 valence electrons. The number of non-ortho nitro benzene ring substituents is 1. The summed E-state index contributed by atoms with van der Waals surface area (Å²) in [5.74, 6) is 0. The van der Waals surface area contributed by atoms with E-state index in [1.54, 1.807) is 6.07 Å². The summed E-state index contributed by atoms with van der Waals surface area (Å²) in [6.45, 7) is 0. The molecule has 0 radical (unpaired) electrons. The van der Waals surface area contributed by atoms with Gasteiger partial charge < -0.3 is 16.2 Å². The Bertz CT molecular complexity index is 416. The number of nitrogens with two attached hydrogens (primary N) is 1. The third-order valence-electron chi connectivity index (χ3n) is 2.72. The summed E-state index contributed by atoms with van der Waals surface area (Å²) in [4.78, 5) is 10.0. The van der Waals surface area contributed by atoms with Crippen LogP contribution >= 0.6 is 0 Å². The van der Waals surface area contributed by atoms with E-state index in [0.29, 0.717) is 24.2 Å². The molecule has 1 saturated carbocycles. The van der Waals surface area contributed by atoms with Crippen molar-refractivity contribution in [3.63, 3.8) is 0 Å². The predicted octanol–water partition coefficient (Wildman–Crippen LogP) is 1.11. The summed E-state index contributed by atoms with van der Waals surface area (Å²) in [6, 6.07) is 4.54. The molecular weight excluding hydrogens is 210 g/mol. The lowest BCUT2D eigenvalue weighted by Crippen LogP contribution is -2.39. The van der Waals surface area contributed by atoms with Gasteiger partial charge in [0, 0.05) is 18.2 Å². The van der Waals surface area contributed by atoms with Gasteiger partial charge in [-0.25, -0.2) is 0 Å². The van der Waals surface area contributed by atoms with Crippen LogP contribution in [0.25, 0.3) is 0 Å². The second kappa shape index (κ2) is 3.97. The zero-order chi connectivity index (χ0) is 11.7. The van der Waals surface area contributed by atoms with Crippen molar-refractivity contribution >= 4 is 17.1 Å². The van der Waals surface area contributed by atoms with Crippen molar-refractivity contribution in [2.75, 3.05) is 11.1 Å². The van der Waals surface area contributed by atoms with Gasteiger partial charge in [0.25, 0.3) is 5.69 Å². The van der Waals surface area contributed by atoms with E-state index in [1.807, 2.05) is 0 Å². The largest absolute Gasteiger partial charge is 0.397 e. The average Bonchev–Trinajstić information content (AvgIpc) is 2.18. The van der Waals surface area contributed by atoms with Crippen LogP contribution in [-0.4, -0.2) is 22.2 Å². The highest BCUT2D eigenvalue weighted by Crippen LogP contribution is 2.29. The van der Waals surface area contributed by atoms with Gasteiger partial charge >= 0.3 is 0 Å². The molecule has 0 aliphatic heterocycles. The van der Waals surface area contributed by atoms with Crippen LogP contribution in [-0.2, 0) is 0 Å². The Morgan fingerprint density at radius 3 is 2.69 bits per heavy atom. The summed E-state index contributed by atoms with van der Waals surface area (Å²) in [7, 11) is 0. The zero-order valence-electron chi connectivity index (χ0n) is 8.59. The first kappa shape index (κ1) is 10.7. The van der Waals surface area contributed by atoms with Gasteiger partial charge in [-0.15, -0.1) is 0 Å². The lowest BCUT2D eigenvalue weighted by molar-refractivity contribution is -0.384. The second-order valence-electron chi connectivity index (χ2n) is 4.00. The zero-order valence-corrected chi connectivity index (χ0v) is 8.59. The standard InChI is InChI=1S/C10H13N3O3/c11-9-5-7(13(15)16)1-2-10(9)12-6-3-8(14)4-6/h1-2,5-6,8,12,14H,3-4,11H2. The number of hydrogen-bond donors (Lipinski definition) is 3. The Balaban J connectivity index is 2.07. The van der Waals surface area contributed by atoms with E-state index >= 15 is 0 Å². The molecule has 1 aliphatic carbocycles. The Kier molecular flexibility index (Phi) is 2.66. The number of nitrogens with zero attached hydrogens (tertiary/aromatic N) is 1. The molecule has 0 atom stereocenters. The molecule has 1 aromatic rings. The van der Waals surface area contributed by atoms with Crippen LogP contribution in [0.3, 0.4) is 0 Å². The number of nitro groups is 1. The number of anilines is 2. The third kappa shape index (κ3) is 2.06. The van der Waals surface area contributed by atoms with Gasteiger partial charge in [0.2, 0.25) is 0 Å². The smallest absolute Gasteiger partial charge is 0.271 e. The molecule has 16 heavy (non-hydrogen) atoms. The molecule has 0 bridgehead atoms. The minimum absolute atomic E-state index is 0.0169. The van der Waals surface area contributed by atoms with E-state index < -0.39 is 4.92 Å². The van der Waals surface area contributed by atoms with Gasteiger partial charge in [-0.2, -0.15) is 0 Å². The van der Waals surface area contributed by atoms with Gasteiger partial charge in [0.05, 0.1) is 22.4 Å². The molecule has 0 aromatic heterocycles. The number of aliphatic hydroxyl groups is 1. The first-order valence-electron chi connectivity index (χ1n) is 5.05. The molecule has 2 rings (SSSR count). The molecule has 0 spiro atoms. The highest BCUT2D eigenvalue weighted by atomic mass is 16.6. The highest BCUT2D eigenvalue weighted by Gasteiger charge is 2.27. The van der Waals surface area contributed by atoms with Crippen LogP contribution < -0.4 is 11.1 Å². The molecule has 1 aliphatic rings. The number of nitrogen functional groups attached to an aromatic ring is 1. The van der Waals surface area contributed by atoms with Crippen molar-refractivity contribution in [3.05, 3.63) is 28.3 Å². The molecule has 6 heteroatoms. The number of nitro benzene ring substituents is 1. The Morgan fingerprint density at radius 1 is 1.50 bits per heavy atom. The van der Waals surface area contributed by atoms with Crippen LogP contribution in [0.15, 0.2) is 18.2 Å². The molecule has 1 aromatic carbocycles. The van der Waals surface area contributed by atoms with Crippen LogP contribution in [0.2, 0.25) is 0 Å². The fourth-order valence-electron chi connectivity index (χ4n) is 1.72. The van der Waals surface area contributed by atoms with Crippen LogP contribution in [0.5, 0.6) is 0 Å². The Labute approximate surface area is 92.2 Å². The molecule has 0 amide bonds. The number of rotatable bonds is 3. The molecular formula is C10H13N3O3. The van der Waals surface area contributed by atoms with Gasteiger partial charge in [-0.1, -0.05) is 0 Å². The fraction of sp³-hybridized carbons (Fsp3) is 0.400. The number of hydrogen-bond acceptors (Lipinski definition) is 5.